The van der Waals surface area contributed by atoms with Gasteiger partial charge in [-0.1, -0.05) is 23.9 Å². The van der Waals surface area contributed by atoms with Crippen LogP contribution in [-0.4, -0.2) is 30.3 Å². The number of hydrogen-bond acceptors (Lipinski definition) is 7. The van der Waals surface area contributed by atoms with Gasteiger partial charge in [-0.25, -0.2) is 17.9 Å². The maximum Gasteiger partial charge on any atom is 0.277 e. The van der Waals surface area contributed by atoms with Crippen LogP contribution in [0, 0.1) is 5.82 Å². The number of nitrogens with one attached hydrogen (secondary N) is 1. The molecule has 8 nitrogen and oxygen atoms in total. The average Bonchev–Trinajstić information content (AvgIpc) is 3.09. The van der Waals surface area contributed by atoms with Gasteiger partial charge in [0.05, 0.1) is 16.2 Å². The minimum atomic E-state index is -3.79. The minimum Gasteiger partial charge on any atom is -0.411 e. The number of hydrogen-bond donors (Lipinski definition) is 2. The molecule has 11 heteroatoms. The molecule has 0 aliphatic carbocycles. The third kappa shape index (κ3) is 4.90. The van der Waals surface area contributed by atoms with Crippen LogP contribution in [0.4, 0.5) is 10.1 Å². The van der Waals surface area contributed by atoms with E-state index < -0.39 is 15.8 Å². The number of amides is 1. The molecule has 2 aromatic carbocycles. The molecule has 0 radical (unpaired) electrons. The highest BCUT2D eigenvalue weighted by molar-refractivity contribution is 7.99. The van der Waals surface area contributed by atoms with Gasteiger partial charge >= 0.3 is 0 Å². The number of benzene rings is 2. The van der Waals surface area contributed by atoms with Gasteiger partial charge in [0.25, 0.3) is 11.1 Å². The lowest BCUT2D eigenvalue weighted by Crippen LogP contribution is -2.15. The van der Waals surface area contributed by atoms with Crippen LogP contribution in [0.1, 0.15) is 0 Å². The molecule has 0 atom stereocenters. The van der Waals surface area contributed by atoms with E-state index in [2.05, 4.69) is 15.5 Å². The van der Waals surface area contributed by atoms with E-state index in [9.17, 15) is 17.6 Å². The van der Waals surface area contributed by atoms with Crippen molar-refractivity contribution in [3.63, 3.8) is 0 Å². The third-order valence-electron chi connectivity index (χ3n) is 3.30. The summed E-state index contributed by atoms with van der Waals surface area (Å²) >= 11 is 0.986. The van der Waals surface area contributed by atoms with Gasteiger partial charge in [0.2, 0.25) is 15.9 Å². The first-order chi connectivity index (χ1) is 12.8. The lowest BCUT2D eigenvalue weighted by atomic mass is 10.2. The molecular formula is C16H13FN4O4S2. The molecule has 0 saturated heterocycles. The number of primary sulfonamides is 1. The Morgan fingerprint density at radius 1 is 1.15 bits per heavy atom. The van der Waals surface area contributed by atoms with Gasteiger partial charge in [0.15, 0.2) is 0 Å². The highest BCUT2D eigenvalue weighted by atomic mass is 32.2. The normalized spacial score (nSPS) is 11.3. The average molecular weight is 408 g/mol. The molecule has 0 bridgehead atoms. The lowest BCUT2D eigenvalue weighted by molar-refractivity contribution is -0.113. The number of rotatable bonds is 6. The number of nitrogens with two attached hydrogens (primary N) is 1. The molecule has 1 heterocycles. The van der Waals surface area contributed by atoms with Crippen molar-refractivity contribution in [3.05, 3.63) is 54.3 Å². The molecule has 3 aromatic rings. The van der Waals surface area contributed by atoms with Gasteiger partial charge in [-0.05, 0) is 36.4 Å². The van der Waals surface area contributed by atoms with Gasteiger partial charge in [-0.15, -0.1) is 10.2 Å². The summed E-state index contributed by atoms with van der Waals surface area (Å²) in [4.78, 5) is 11.9. The molecule has 0 aliphatic rings. The minimum absolute atomic E-state index is 0.0228. The van der Waals surface area contributed by atoms with E-state index in [1.165, 1.54) is 36.4 Å². The number of anilines is 1. The molecule has 140 valence electrons. The van der Waals surface area contributed by atoms with Crippen LogP contribution in [-0.2, 0) is 14.8 Å². The summed E-state index contributed by atoms with van der Waals surface area (Å²) < 4.78 is 41.4. The van der Waals surface area contributed by atoms with E-state index in [0.29, 0.717) is 5.69 Å². The summed E-state index contributed by atoms with van der Waals surface area (Å²) in [6.45, 7) is 0. The van der Waals surface area contributed by atoms with Crippen molar-refractivity contribution in [1.82, 2.24) is 10.2 Å². The Kier molecular flexibility index (Phi) is 5.54. The topological polar surface area (TPSA) is 128 Å². The summed E-state index contributed by atoms with van der Waals surface area (Å²) in [7, 11) is -3.79. The maximum atomic E-state index is 13.7. The molecule has 1 amide bonds. The van der Waals surface area contributed by atoms with Crippen molar-refractivity contribution in [2.45, 2.75) is 10.1 Å². The second-order valence-electron chi connectivity index (χ2n) is 5.26. The second-order valence-corrected chi connectivity index (χ2v) is 7.75. The Labute approximate surface area is 158 Å². The van der Waals surface area contributed by atoms with Crippen LogP contribution in [0.25, 0.3) is 11.5 Å². The first-order valence-corrected chi connectivity index (χ1v) is 10.00. The van der Waals surface area contributed by atoms with Crippen molar-refractivity contribution < 1.29 is 22.0 Å². The van der Waals surface area contributed by atoms with Crippen LogP contribution >= 0.6 is 11.8 Å². The first kappa shape index (κ1) is 19.0. The largest absolute Gasteiger partial charge is 0.411 e. The fourth-order valence-corrected chi connectivity index (χ4v) is 3.14. The summed E-state index contributed by atoms with van der Waals surface area (Å²) in [6, 6.07) is 11.4. The highest BCUT2D eigenvalue weighted by Crippen LogP contribution is 2.25. The first-order valence-electron chi connectivity index (χ1n) is 7.47. The third-order valence-corrected chi connectivity index (χ3v) is 5.05. The predicted octanol–water partition coefficient (Wildman–Crippen LogP) is 2.25. The zero-order chi connectivity index (χ0) is 19.4. The number of thioether (sulfide) groups is 1. The molecular weight excluding hydrogens is 395 g/mol. The Balaban J connectivity index is 1.58. The Hall–Kier alpha value is -2.76. The van der Waals surface area contributed by atoms with Crippen LogP contribution in [0.3, 0.4) is 0 Å². The Bertz CT molecular complexity index is 1070. The van der Waals surface area contributed by atoms with E-state index >= 15 is 0 Å². The van der Waals surface area contributed by atoms with Crippen molar-refractivity contribution in [2.24, 2.45) is 5.14 Å². The van der Waals surface area contributed by atoms with Crippen molar-refractivity contribution in [3.8, 4) is 11.5 Å². The summed E-state index contributed by atoms with van der Waals surface area (Å²) in [6.07, 6.45) is 0. The number of carbonyl (C=O) groups is 1. The van der Waals surface area contributed by atoms with Crippen molar-refractivity contribution in [2.75, 3.05) is 11.1 Å². The maximum absolute atomic E-state index is 13.7. The molecule has 27 heavy (non-hydrogen) atoms. The monoisotopic (exact) mass is 408 g/mol. The van der Waals surface area contributed by atoms with Crippen LogP contribution in [0.5, 0.6) is 0 Å². The number of sulfonamides is 1. The van der Waals surface area contributed by atoms with E-state index in [-0.39, 0.29) is 33.2 Å². The SMILES string of the molecule is NS(=O)(=O)c1ccc(NC(=O)CSc2nnc(-c3ccccc3F)o2)cc1. The van der Waals surface area contributed by atoms with Gasteiger partial charge in [0.1, 0.15) is 5.82 Å². The Morgan fingerprint density at radius 2 is 1.85 bits per heavy atom. The molecule has 0 saturated carbocycles. The van der Waals surface area contributed by atoms with Crippen LogP contribution in [0.2, 0.25) is 0 Å². The van der Waals surface area contributed by atoms with Crippen molar-refractivity contribution in [1.29, 1.82) is 0 Å². The molecule has 0 fully saturated rings. The zero-order valence-electron chi connectivity index (χ0n) is 13.6. The lowest BCUT2D eigenvalue weighted by Gasteiger charge is -2.05. The molecule has 1 aromatic heterocycles. The predicted molar refractivity (Wildman–Crippen MR) is 96.9 cm³/mol. The molecule has 0 unspecified atom stereocenters. The van der Waals surface area contributed by atoms with Gasteiger partial charge < -0.3 is 9.73 Å². The number of aromatic nitrogens is 2. The summed E-state index contributed by atoms with van der Waals surface area (Å²) in [5.74, 6) is -0.863. The number of carbonyl (C=O) groups excluding carboxylic acids is 1. The second kappa shape index (κ2) is 7.86. The summed E-state index contributed by atoms with van der Waals surface area (Å²) in [5.41, 5.74) is 0.585. The van der Waals surface area contributed by atoms with E-state index in [1.807, 2.05) is 0 Å². The number of nitrogens with zero attached hydrogens (tertiary/aromatic N) is 2. The molecule has 0 spiro atoms. The fraction of sp³-hybridized carbons (Fsp3) is 0.0625. The van der Waals surface area contributed by atoms with Crippen LogP contribution in [0.15, 0.2) is 63.1 Å². The molecule has 3 rings (SSSR count). The van der Waals surface area contributed by atoms with Gasteiger partial charge in [0, 0.05) is 5.69 Å². The Morgan fingerprint density at radius 3 is 2.52 bits per heavy atom. The van der Waals surface area contributed by atoms with Crippen molar-refractivity contribution >= 4 is 33.4 Å². The molecule has 0 aliphatic heterocycles. The highest BCUT2D eigenvalue weighted by Gasteiger charge is 2.14. The van der Waals surface area contributed by atoms with E-state index in [0.717, 1.165) is 11.8 Å². The zero-order valence-corrected chi connectivity index (χ0v) is 15.3. The quantitative estimate of drug-likeness (QED) is 0.599. The van der Waals surface area contributed by atoms with Gasteiger partial charge in [-0.2, -0.15) is 0 Å². The standard InChI is InChI=1S/C16H13FN4O4S2/c17-13-4-2-1-3-12(13)15-20-21-16(25-15)26-9-14(22)19-10-5-7-11(8-6-10)27(18,23)24/h1-8H,9H2,(H,19,22)(H2,18,23,24). The smallest absolute Gasteiger partial charge is 0.277 e. The molecule has 3 N–H and O–H groups in total. The van der Waals surface area contributed by atoms with E-state index in [1.54, 1.807) is 12.1 Å². The van der Waals surface area contributed by atoms with E-state index in [4.69, 9.17) is 9.56 Å². The number of halogens is 1. The van der Waals surface area contributed by atoms with Crippen LogP contribution < -0.4 is 10.5 Å². The summed E-state index contributed by atoms with van der Waals surface area (Å²) in [5, 5.41) is 15.3. The fourth-order valence-electron chi connectivity index (χ4n) is 2.06. The van der Waals surface area contributed by atoms with Gasteiger partial charge in [-0.3, -0.25) is 4.79 Å².